The number of rotatable bonds is 12. The van der Waals surface area contributed by atoms with Crippen molar-refractivity contribution in [1.29, 1.82) is 0 Å². The second-order valence-electron chi connectivity index (χ2n) is 14.3. The molecule has 1 aromatic heterocycles. The highest BCUT2D eigenvalue weighted by molar-refractivity contribution is 9.10. The second-order valence-corrected chi connectivity index (χ2v) is 15.7. The Labute approximate surface area is 314 Å². The summed E-state index contributed by atoms with van der Waals surface area (Å²) in [6.07, 6.45) is 3.69. The van der Waals surface area contributed by atoms with Crippen molar-refractivity contribution in [3.05, 3.63) is 153 Å². The maximum Gasteiger partial charge on any atom is 0.217 e. The maximum atomic E-state index is 13.5. The topological polar surface area (TPSA) is 48.8 Å². The number of aliphatic hydroxyl groups is 1. The molecule has 0 spiro atoms. The lowest BCUT2D eigenvalue weighted by Crippen LogP contribution is -2.46. The average Bonchev–Trinajstić information content (AvgIpc) is 3.74. The van der Waals surface area contributed by atoms with Crippen molar-refractivity contribution in [1.82, 2.24) is 14.8 Å². The first-order chi connectivity index (χ1) is 24.9. The van der Waals surface area contributed by atoms with E-state index in [2.05, 4.69) is 111 Å². The van der Waals surface area contributed by atoms with Gasteiger partial charge in [0.1, 0.15) is 5.60 Å². The summed E-state index contributed by atoms with van der Waals surface area (Å²) in [5.41, 5.74) is 3.64. The van der Waals surface area contributed by atoms with Crippen LogP contribution in [-0.4, -0.2) is 58.7 Å². The molecule has 51 heavy (non-hydrogen) atoms. The SMILES string of the molecule is COc1nc2ccc(Br)cc2cc1C(c1ccc(Cl)cc1)C(O)(CCCCN1CC2CC1CN2Cc1ccccc1)c1ccc2ccccc2c1. The predicted molar refractivity (Wildman–Crippen MR) is 212 cm³/mol. The number of likely N-dealkylation sites (tertiary alicyclic amines) is 2. The molecule has 2 fully saturated rings. The molecule has 2 aliphatic heterocycles. The fourth-order valence-electron chi connectivity index (χ4n) is 8.62. The van der Waals surface area contributed by atoms with Gasteiger partial charge in [-0.3, -0.25) is 9.80 Å². The van der Waals surface area contributed by atoms with Gasteiger partial charge in [-0.1, -0.05) is 106 Å². The number of hydrogen-bond acceptors (Lipinski definition) is 5. The number of unbranched alkanes of at least 4 members (excludes halogenated alkanes) is 1. The Balaban J connectivity index is 1.11. The summed E-state index contributed by atoms with van der Waals surface area (Å²) in [7, 11) is 1.66. The number of halogens is 2. The van der Waals surface area contributed by atoms with Gasteiger partial charge in [0.25, 0.3) is 0 Å². The molecule has 2 saturated heterocycles. The minimum Gasteiger partial charge on any atom is -0.481 e. The molecule has 5 aromatic carbocycles. The molecule has 4 atom stereocenters. The molecule has 1 N–H and O–H groups in total. The number of ether oxygens (including phenoxy) is 1. The Kier molecular flexibility index (Phi) is 9.88. The van der Waals surface area contributed by atoms with Crippen LogP contribution >= 0.6 is 27.5 Å². The van der Waals surface area contributed by atoms with Gasteiger partial charge in [-0.05, 0) is 102 Å². The zero-order valence-electron chi connectivity index (χ0n) is 28.9. The van der Waals surface area contributed by atoms with Crippen LogP contribution in [0.5, 0.6) is 5.88 Å². The number of fused-ring (bicyclic) bond motifs is 4. The van der Waals surface area contributed by atoms with Gasteiger partial charge in [0, 0.05) is 58.1 Å². The Hall–Kier alpha value is -3.78. The summed E-state index contributed by atoms with van der Waals surface area (Å²) in [4.78, 5) is 10.3. The average molecular weight is 761 g/mol. The van der Waals surface area contributed by atoms with Gasteiger partial charge in [0.05, 0.1) is 12.6 Å². The summed E-state index contributed by atoms with van der Waals surface area (Å²) in [5, 5.41) is 17.3. The first-order valence-electron chi connectivity index (χ1n) is 18.0. The van der Waals surface area contributed by atoms with Crippen molar-refractivity contribution < 1.29 is 9.84 Å². The lowest BCUT2D eigenvalue weighted by atomic mass is 9.71. The van der Waals surface area contributed by atoms with Crippen molar-refractivity contribution >= 4 is 49.2 Å². The Morgan fingerprint density at radius 3 is 2.33 bits per heavy atom. The summed E-state index contributed by atoms with van der Waals surface area (Å²) < 4.78 is 6.98. The molecule has 0 aliphatic carbocycles. The van der Waals surface area contributed by atoms with E-state index in [9.17, 15) is 5.11 Å². The monoisotopic (exact) mass is 759 g/mol. The third kappa shape index (κ3) is 7.05. The molecule has 7 heteroatoms. The number of hydrogen-bond donors (Lipinski definition) is 1. The Bertz CT molecular complexity index is 2150. The lowest BCUT2D eigenvalue weighted by Gasteiger charge is -2.39. The van der Waals surface area contributed by atoms with E-state index in [1.807, 2.05) is 36.4 Å². The lowest BCUT2D eigenvalue weighted by molar-refractivity contribution is 0.00624. The highest BCUT2D eigenvalue weighted by Crippen LogP contribution is 2.49. The third-order valence-electron chi connectivity index (χ3n) is 11.2. The number of methoxy groups -OCH3 is 1. The fraction of sp³-hybridized carbons (Fsp3) is 0.295. The normalized spacial score (nSPS) is 19.5. The zero-order valence-corrected chi connectivity index (χ0v) is 31.2. The van der Waals surface area contributed by atoms with E-state index in [0.29, 0.717) is 29.4 Å². The van der Waals surface area contributed by atoms with Gasteiger partial charge in [-0.2, -0.15) is 0 Å². The van der Waals surface area contributed by atoms with Crippen LogP contribution in [0.1, 0.15) is 53.9 Å². The molecule has 6 aromatic rings. The molecule has 0 radical (unpaired) electrons. The Morgan fingerprint density at radius 1 is 0.824 bits per heavy atom. The fourth-order valence-corrected chi connectivity index (χ4v) is 9.13. The molecule has 0 amide bonds. The molecular formula is C44H43BrClN3O2. The van der Waals surface area contributed by atoms with Gasteiger partial charge in [-0.25, -0.2) is 4.98 Å². The molecule has 260 valence electrons. The van der Waals surface area contributed by atoms with Crippen LogP contribution < -0.4 is 4.74 Å². The Morgan fingerprint density at radius 2 is 1.57 bits per heavy atom. The standard InChI is InChI=1S/C44H43BrClN3O2/c1-51-43-40(25-34-24-36(45)17-20-41(34)47-43)42(32-14-18-37(46)19-15-32)44(50,35-16-13-31-11-5-6-12-33(31)23-35)21-7-8-22-48-28-39-26-38(48)29-49(39)27-30-9-3-2-4-10-30/h2-6,9-20,23-25,38-39,42,50H,7-8,21-22,26-29H2,1H3. The third-order valence-corrected chi connectivity index (χ3v) is 11.9. The quantitative estimate of drug-likeness (QED) is 0.126. The highest BCUT2D eigenvalue weighted by atomic mass is 79.9. The van der Waals surface area contributed by atoms with Crippen LogP contribution in [0.15, 0.2) is 126 Å². The molecule has 2 aliphatic rings. The molecule has 5 nitrogen and oxygen atoms in total. The number of nitrogens with zero attached hydrogens (tertiary/aromatic N) is 3. The number of benzene rings is 5. The summed E-state index contributed by atoms with van der Waals surface area (Å²) in [6.45, 7) is 4.32. The highest BCUT2D eigenvalue weighted by Gasteiger charge is 2.44. The predicted octanol–water partition coefficient (Wildman–Crippen LogP) is 9.96. The van der Waals surface area contributed by atoms with Gasteiger partial charge < -0.3 is 9.84 Å². The first kappa shape index (κ1) is 34.3. The van der Waals surface area contributed by atoms with Crippen molar-refractivity contribution in [2.75, 3.05) is 26.7 Å². The van der Waals surface area contributed by atoms with E-state index in [-0.39, 0.29) is 0 Å². The molecule has 0 saturated carbocycles. The van der Waals surface area contributed by atoms with E-state index < -0.39 is 11.5 Å². The summed E-state index contributed by atoms with van der Waals surface area (Å²) >= 11 is 10.1. The molecular weight excluding hydrogens is 718 g/mol. The number of aromatic nitrogens is 1. The van der Waals surface area contributed by atoms with Crippen molar-refractivity contribution in [3.63, 3.8) is 0 Å². The number of pyridine rings is 1. The van der Waals surface area contributed by atoms with Crippen LogP contribution in [0.2, 0.25) is 5.02 Å². The van der Waals surface area contributed by atoms with Crippen molar-refractivity contribution in [2.45, 2.75) is 55.8 Å². The molecule has 4 unspecified atom stereocenters. The molecule has 8 rings (SSSR count). The smallest absolute Gasteiger partial charge is 0.217 e. The molecule has 2 bridgehead atoms. The van der Waals surface area contributed by atoms with Crippen molar-refractivity contribution in [2.24, 2.45) is 0 Å². The van der Waals surface area contributed by atoms with E-state index in [0.717, 1.165) is 81.9 Å². The van der Waals surface area contributed by atoms with Crippen LogP contribution in [0.4, 0.5) is 0 Å². The largest absolute Gasteiger partial charge is 0.481 e. The van der Waals surface area contributed by atoms with Crippen LogP contribution in [0, 0.1) is 0 Å². The minimum atomic E-state index is -1.27. The summed E-state index contributed by atoms with van der Waals surface area (Å²) in [6, 6.07) is 42.9. The molecule has 3 heterocycles. The van der Waals surface area contributed by atoms with E-state index >= 15 is 0 Å². The van der Waals surface area contributed by atoms with Crippen LogP contribution in [0.25, 0.3) is 21.7 Å². The van der Waals surface area contributed by atoms with Crippen LogP contribution in [-0.2, 0) is 12.1 Å². The first-order valence-corrected chi connectivity index (χ1v) is 19.2. The van der Waals surface area contributed by atoms with Crippen LogP contribution in [0.3, 0.4) is 0 Å². The van der Waals surface area contributed by atoms with E-state index in [1.54, 1.807) is 7.11 Å². The van der Waals surface area contributed by atoms with Gasteiger partial charge in [0.15, 0.2) is 0 Å². The zero-order chi connectivity index (χ0) is 35.0. The second kappa shape index (κ2) is 14.7. The number of piperazine rings is 1. The van der Waals surface area contributed by atoms with Gasteiger partial charge in [-0.15, -0.1) is 0 Å². The van der Waals surface area contributed by atoms with E-state index in [1.165, 1.54) is 12.0 Å². The minimum absolute atomic E-state index is 0.476. The van der Waals surface area contributed by atoms with Crippen molar-refractivity contribution in [3.8, 4) is 5.88 Å². The maximum absolute atomic E-state index is 13.5. The van der Waals surface area contributed by atoms with Gasteiger partial charge >= 0.3 is 0 Å². The summed E-state index contributed by atoms with van der Waals surface area (Å²) in [5.74, 6) is 0.0354. The van der Waals surface area contributed by atoms with E-state index in [4.69, 9.17) is 21.3 Å². The van der Waals surface area contributed by atoms with Gasteiger partial charge in [0.2, 0.25) is 5.88 Å².